The van der Waals surface area contributed by atoms with Crippen LogP contribution in [0.1, 0.15) is 22.3 Å². The highest BCUT2D eigenvalue weighted by atomic mass is 127. The molecule has 7 nitrogen and oxygen atoms in total. The van der Waals surface area contributed by atoms with Crippen LogP contribution < -0.4 is 19.7 Å². The molecular formula is C27H22FIN2O5. The number of nitrogens with one attached hydrogen (secondary N) is 1. The van der Waals surface area contributed by atoms with Crippen LogP contribution in [0.25, 0.3) is 6.08 Å². The van der Waals surface area contributed by atoms with Crippen LogP contribution in [0, 0.1) is 23.2 Å². The first-order valence-electron chi connectivity index (χ1n) is 10.9. The van der Waals surface area contributed by atoms with Crippen LogP contribution in [0.2, 0.25) is 0 Å². The molecule has 3 aromatic rings. The van der Waals surface area contributed by atoms with Crippen LogP contribution in [0.3, 0.4) is 0 Å². The number of anilines is 1. The fourth-order valence-corrected chi connectivity index (χ4v) is 4.55. The summed E-state index contributed by atoms with van der Waals surface area (Å²) in [6, 6.07) is 13.9. The van der Waals surface area contributed by atoms with Crippen molar-refractivity contribution in [2.75, 3.05) is 12.0 Å². The van der Waals surface area contributed by atoms with Crippen molar-refractivity contribution in [2.24, 2.45) is 0 Å². The van der Waals surface area contributed by atoms with Gasteiger partial charge in [-0.3, -0.25) is 14.9 Å². The van der Waals surface area contributed by atoms with Gasteiger partial charge in [0.25, 0.3) is 11.8 Å². The molecule has 0 aromatic heterocycles. The second-order valence-corrected chi connectivity index (χ2v) is 9.29. The standard InChI is InChI=1S/C27H22FIN2O5/c1-15-6-4-9-22(16(15)2)31-26(33)20(25(32)30-27(31)34)11-18-12-21(29)24(23(13-18)35-3)36-14-17-7-5-8-19(28)10-17/h4-13H,14H2,1-3H3,(H,30,32,34)/b20-11+. The molecule has 9 heteroatoms. The molecule has 0 saturated carbocycles. The molecule has 36 heavy (non-hydrogen) atoms. The van der Waals surface area contributed by atoms with Gasteiger partial charge in [-0.05, 0) is 95.1 Å². The quantitative estimate of drug-likeness (QED) is 0.236. The number of urea groups is 1. The van der Waals surface area contributed by atoms with Gasteiger partial charge < -0.3 is 9.47 Å². The molecule has 3 aromatic carbocycles. The molecule has 0 aliphatic carbocycles. The Labute approximate surface area is 221 Å². The van der Waals surface area contributed by atoms with Crippen molar-refractivity contribution in [3.8, 4) is 11.5 Å². The second-order valence-electron chi connectivity index (χ2n) is 8.13. The Bertz CT molecular complexity index is 1420. The first-order chi connectivity index (χ1) is 17.2. The number of ether oxygens (including phenoxy) is 2. The van der Waals surface area contributed by atoms with Crippen molar-refractivity contribution in [3.63, 3.8) is 0 Å². The predicted molar refractivity (Wildman–Crippen MR) is 141 cm³/mol. The summed E-state index contributed by atoms with van der Waals surface area (Å²) in [6.45, 7) is 3.80. The molecular weight excluding hydrogens is 578 g/mol. The molecule has 1 aliphatic heterocycles. The largest absolute Gasteiger partial charge is 0.493 e. The van der Waals surface area contributed by atoms with Gasteiger partial charge in [-0.1, -0.05) is 24.3 Å². The summed E-state index contributed by atoms with van der Waals surface area (Å²) in [5.74, 6) is -1.05. The number of benzene rings is 3. The van der Waals surface area contributed by atoms with E-state index >= 15 is 0 Å². The summed E-state index contributed by atoms with van der Waals surface area (Å²) in [6.07, 6.45) is 1.41. The van der Waals surface area contributed by atoms with E-state index in [1.807, 2.05) is 13.0 Å². The summed E-state index contributed by atoms with van der Waals surface area (Å²) in [4.78, 5) is 39.4. The second kappa shape index (κ2) is 10.5. The van der Waals surface area contributed by atoms with Crippen molar-refractivity contribution in [1.29, 1.82) is 0 Å². The SMILES string of the molecule is COc1cc(/C=C2\C(=O)NC(=O)N(c3cccc(C)c3C)C2=O)cc(I)c1OCc1cccc(F)c1. The molecule has 4 amide bonds. The lowest BCUT2D eigenvalue weighted by Crippen LogP contribution is -2.54. The van der Waals surface area contributed by atoms with E-state index in [1.165, 1.54) is 25.3 Å². The van der Waals surface area contributed by atoms with Gasteiger partial charge in [0, 0.05) is 0 Å². The number of hydrogen-bond acceptors (Lipinski definition) is 5. The third-order valence-electron chi connectivity index (χ3n) is 5.75. The zero-order valence-corrected chi connectivity index (χ0v) is 21.9. The van der Waals surface area contributed by atoms with E-state index < -0.39 is 17.8 Å². The van der Waals surface area contributed by atoms with E-state index in [0.717, 1.165) is 16.0 Å². The molecule has 0 unspecified atom stereocenters. The average molecular weight is 600 g/mol. The van der Waals surface area contributed by atoms with Gasteiger partial charge in [-0.25, -0.2) is 14.1 Å². The number of imide groups is 2. The van der Waals surface area contributed by atoms with E-state index in [-0.39, 0.29) is 18.0 Å². The fraction of sp³-hybridized carbons (Fsp3) is 0.148. The van der Waals surface area contributed by atoms with Gasteiger partial charge in [0.2, 0.25) is 0 Å². The molecule has 0 radical (unpaired) electrons. The lowest BCUT2D eigenvalue weighted by atomic mass is 10.0. The van der Waals surface area contributed by atoms with Crippen LogP contribution in [-0.2, 0) is 16.2 Å². The van der Waals surface area contributed by atoms with Crippen LogP contribution in [0.4, 0.5) is 14.9 Å². The smallest absolute Gasteiger partial charge is 0.335 e. The van der Waals surface area contributed by atoms with Crippen molar-refractivity contribution in [1.82, 2.24) is 5.32 Å². The number of carbonyl (C=O) groups is 3. The highest BCUT2D eigenvalue weighted by molar-refractivity contribution is 14.1. The Balaban J connectivity index is 1.66. The molecule has 184 valence electrons. The molecule has 1 fully saturated rings. The molecule has 0 spiro atoms. The summed E-state index contributed by atoms with van der Waals surface area (Å²) in [7, 11) is 1.47. The minimum absolute atomic E-state index is 0.123. The van der Waals surface area contributed by atoms with E-state index in [2.05, 4.69) is 27.9 Å². The first-order valence-corrected chi connectivity index (χ1v) is 12.0. The zero-order chi connectivity index (χ0) is 26.0. The minimum Gasteiger partial charge on any atom is -0.493 e. The highest BCUT2D eigenvalue weighted by Gasteiger charge is 2.37. The third-order valence-corrected chi connectivity index (χ3v) is 6.55. The number of rotatable bonds is 6. The van der Waals surface area contributed by atoms with Crippen molar-refractivity contribution in [3.05, 3.63) is 91.8 Å². The maximum atomic E-state index is 13.5. The van der Waals surface area contributed by atoms with E-state index in [0.29, 0.717) is 31.9 Å². The van der Waals surface area contributed by atoms with E-state index in [9.17, 15) is 18.8 Å². The molecule has 0 atom stereocenters. The lowest BCUT2D eigenvalue weighted by Gasteiger charge is -2.28. The minimum atomic E-state index is -0.802. The molecule has 1 N–H and O–H groups in total. The van der Waals surface area contributed by atoms with E-state index in [4.69, 9.17) is 9.47 Å². The van der Waals surface area contributed by atoms with Crippen LogP contribution in [0.5, 0.6) is 11.5 Å². The number of barbiturate groups is 1. The highest BCUT2D eigenvalue weighted by Crippen LogP contribution is 2.36. The van der Waals surface area contributed by atoms with Gasteiger partial charge in [0.15, 0.2) is 11.5 Å². The molecule has 1 saturated heterocycles. The van der Waals surface area contributed by atoms with Crippen molar-refractivity contribution < 1.29 is 28.2 Å². The monoisotopic (exact) mass is 600 g/mol. The Kier molecular flexibility index (Phi) is 7.39. The predicted octanol–water partition coefficient (Wildman–Crippen LogP) is 5.30. The van der Waals surface area contributed by atoms with Crippen LogP contribution in [-0.4, -0.2) is 25.0 Å². The third kappa shape index (κ3) is 5.11. The van der Waals surface area contributed by atoms with Crippen LogP contribution in [0.15, 0.2) is 60.2 Å². The first kappa shape index (κ1) is 25.4. The maximum Gasteiger partial charge on any atom is 0.335 e. The fourth-order valence-electron chi connectivity index (χ4n) is 3.77. The molecule has 4 rings (SSSR count). The summed E-state index contributed by atoms with van der Waals surface area (Å²) < 4.78 is 25.5. The number of aryl methyl sites for hydroxylation is 1. The van der Waals surface area contributed by atoms with Gasteiger partial charge >= 0.3 is 6.03 Å². The van der Waals surface area contributed by atoms with Gasteiger partial charge in [0.1, 0.15) is 18.0 Å². The summed E-state index contributed by atoms with van der Waals surface area (Å²) in [5.41, 5.74) is 3.03. The summed E-state index contributed by atoms with van der Waals surface area (Å²) in [5, 5.41) is 2.24. The van der Waals surface area contributed by atoms with Crippen molar-refractivity contribution in [2.45, 2.75) is 20.5 Å². The molecule has 1 heterocycles. The number of carbonyl (C=O) groups excluding carboxylic acids is 3. The van der Waals surface area contributed by atoms with Gasteiger partial charge in [0.05, 0.1) is 16.4 Å². The topological polar surface area (TPSA) is 84.9 Å². The van der Waals surface area contributed by atoms with Crippen molar-refractivity contribution >= 4 is 52.2 Å². The van der Waals surface area contributed by atoms with Crippen LogP contribution >= 0.6 is 22.6 Å². The van der Waals surface area contributed by atoms with Gasteiger partial charge in [-0.2, -0.15) is 0 Å². The number of methoxy groups -OCH3 is 1. The Morgan fingerprint density at radius 2 is 1.81 bits per heavy atom. The Morgan fingerprint density at radius 1 is 1.06 bits per heavy atom. The summed E-state index contributed by atoms with van der Waals surface area (Å²) >= 11 is 2.06. The Morgan fingerprint density at radius 3 is 2.53 bits per heavy atom. The van der Waals surface area contributed by atoms with Gasteiger partial charge in [-0.15, -0.1) is 0 Å². The number of hydrogen-bond donors (Lipinski definition) is 1. The maximum absolute atomic E-state index is 13.5. The van der Waals surface area contributed by atoms with E-state index in [1.54, 1.807) is 43.3 Å². The Hall–Kier alpha value is -3.73. The molecule has 1 aliphatic rings. The lowest BCUT2D eigenvalue weighted by molar-refractivity contribution is -0.122. The normalized spacial score (nSPS) is 14.8. The zero-order valence-electron chi connectivity index (χ0n) is 19.7. The number of halogens is 2. The average Bonchev–Trinajstić information content (AvgIpc) is 2.83. The molecule has 0 bridgehead atoms. The number of nitrogens with zero attached hydrogens (tertiary/aromatic N) is 1. The number of amides is 4.